The highest BCUT2D eigenvalue weighted by Crippen LogP contribution is 2.30. The number of phenolic OH excluding ortho intramolecular Hbond substituents is 1. The molecule has 1 aromatic heterocycles. The predicted octanol–water partition coefficient (Wildman–Crippen LogP) is 4.09. The summed E-state index contributed by atoms with van der Waals surface area (Å²) in [6.07, 6.45) is 0.971. The highest BCUT2D eigenvalue weighted by molar-refractivity contribution is 7.07. The summed E-state index contributed by atoms with van der Waals surface area (Å²) in [5.41, 5.74) is 2.04. The van der Waals surface area contributed by atoms with Gasteiger partial charge in [0.1, 0.15) is 5.75 Å². The Labute approximate surface area is 120 Å². The molecule has 0 spiro atoms. The molecular formula is C13H13Cl2NOS. The molecule has 0 aliphatic carbocycles. The van der Waals surface area contributed by atoms with Crippen LogP contribution >= 0.6 is 34.5 Å². The zero-order valence-corrected chi connectivity index (χ0v) is 11.9. The van der Waals surface area contributed by atoms with Crippen molar-refractivity contribution in [3.63, 3.8) is 0 Å². The van der Waals surface area contributed by atoms with Crippen LogP contribution in [0.2, 0.25) is 10.0 Å². The Morgan fingerprint density at radius 1 is 1.28 bits per heavy atom. The van der Waals surface area contributed by atoms with E-state index in [1.54, 1.807) is 17.4 Å². The van der Waals surface area contributed by atoms with Gasteiger partial charge in [0, 0.05) is 17.1 Å². The molecule has 0 unspecified atom stereocenters. The van der Waals surface area contributed by atoms with Crippen LogP contribution in [0.15, 0.2) is 29.0 Å². The zero-order chi connectivity index (χ0) is 13.0. The van der Waals surface area contributed by atoms with Crippen LogP contribution in [0.5, 0.6) is 5.75 Å². The van der Waals surface area contributed by atoms with E-state index < -0.39 is 0 Å². The molecule has 0 aliphatic rings. The van der Waals surface area contributed by atoms with Crippen LogP contribution in [0.25, 0.3) is 0 Å². The third-order valence-electron chi connectivity index (χ3n) is 2.59. The Balaban J connectivity index is 1.86. The van der Waals surface area contributed by atoms with Gasteiger partial charge < -0.3 is 10.4 Å². The van der Waals surface area contributed by atoms with E-state index in [0.717, 1.165) is 18.5 Å². The van der Waals surface area contributed by atoms with Gasteiger partial charge in [0.25, 0.3) is 0 Å². The molecular weight excluding hydrogens is 289 g/mol. The molecule has 96 valence electrons. The van der Waals surface area contributed by atoms with Crippen LogP contribution in [0, 0.1) is 0 Å². The van der Waals surface area contributed by atoms with E-state index in [9.17, 15) is 5.11 Å². The molecule has 0 atom stereocenters. The lowest BCUT2D eigenvalue weighted by atomic mass is 10.2. The quantitative estimate of drug-likeness (QED) is 0.815. The second-order valence-corrected chi connectivity index (χ2v) is 5.58. The zero-order valence-electron chi connectivity index (χ0n) is 9.62. The van der Waals surface area contributed by atoms with Gasteiger partial charge in [-0.3, -0.25) is 0 Å². The number of hydrogen-bond acceptors (Lipinski definition) is 3. The fraction of sp³-hybridized carbons (Fsp3) is 0.231. The number of nitrogens with one attached hydrogen (secondary N) is 1. The average Bonchev–Trinajstić information content (AvgIpc) is 2.83. The minimum Gasteiger partial charge on any atom is -0.506 e. The molecule has 0 fully saturated rings. The Kier molecular flexibility index (Phi) is 4.89. The summed E-state index contributed by atoms with van der Waals surface area (Å²) in [6.45, 7) is 1.40. The van der Waals surface area contributed by atoms with Crippen molar-refractivity contribution in [3.05, 3.63) is 50.1 Å². The van der Waals surface area contributed by atoms with Crippen LogP contribution in [0.1, 0.15) is 11.1 Å². The second kappa shape index (κ2) is 6.43. The van der Waals surface area contributed by atoms with Crippen molar-refractivity contribution in [2.75, 3.05) is 6.54 Å². The van der Waals surface area contributed by atoms with Gasteiger partial charge in [-0.1, -0.05) is 23.2 Å². The molecule has 1 aromatic carbocycles. The molecule has 0 radical (unpaired) electrons. The van der Waals surface area contributed by atoms with Crippen molar-refractivity contribution in [2.45, 2.75) is 13.0 Å². The fourth-order valence-corrected chi connectivity index (χ4v) is 2.88. The van der Waals surface area contributed by atoms with E-state index in [4.69, 9.17) is 23.2 Å². The summed E-state index contributed by atoms with van der Waals surface area (Å²) in [4.78, 5) is 0. The van der Waals surface area contributed by atoms with Gasteiger partial charge in [-0.2, -0.15) is 11.3 Å². The van der Waals surface area contributed by atoms with Gasteiger partial charge >= 0.3 is 0 Å². The molecule has 0 saturated carbocycles. The van der Waals surface area contributed by atoms with Gasteiger partial charge in [0.15, 0.2) is 0 Å². The highest BCUT2D eigenvalue weighted by Gasteiger charge is 2.07. The van der Waals surface area contributed by atoms with Crippen molar-refractivity contribution in [3.8, 4) is 5.75 Å². The summed E-state index contributed by atoms with van der Waals surface area (Å²) in [7, 11) is 0. The first kappa shape index (κ1) is 13.7. The van der Waals surface area contributed by atoms with E-state index in [0.29, 0.717) is 11.6 Å². The van der Waals surface area contributed by atoms with Crippen molar-refractivity contribution in [1.82, 2.24) is 5.32 Å². The Bertz CT molecular complexity index is 514. The number of aromatic hydroxyl groups is 1. The number of benzene rings is 1. The first-order valence-corrected chi connectivity index (χ1v) is 7.25. The maximum Gasteiger partial charge on any atom is 0.138 e. The number of thiophene rings is 1. The second-order valence-electron chi connectivity index (χ2n) is 3.95. The van der Waals surface area contributed by atoms with Crippen LogP contribution in [0.3, 0.4) is 0 Å². The SMILES string of the molecule is Oc1c(Cl)cc(Cl)cc1CNCCc1ccsc1. The average molecular weight is 302 g/mol. The molecule has 1 heterocycles. The number of rotatable bonds is 5. The maximum atomic E-state index is 9.78. The van der Waals surface area contributed by atoms with E-state index >= 15 is 0 Å². The number of hydrogen-bond donors (Lipinski definition) is 2. The monoisotopic (exact) mass is 301 g/mol. The fourth-order valence-electron chi connectivity index (χ4n) is 1.64. The van der Waals surface area contributed by atoms with Crippen molar-refractivity contribution < 1.29 is 5.11 Å². The van der Waals surface area contributed by atoms with E-state index in [2.05, 4.69) is 22.1 Å². The summed E-state index contributed by atoms with van der Waals surface area (Å²) in [6, 6.07) is 5.37. The number of phenols is 1. The summed E-state index contributed by atoms with van der Waals surface area (Å²) in [5.74, 6) is 0.101. The van der Waals surface area contributed by atoms with E-state index in [1.165, 1.54) is 11.6 Å². The lowest BCUT2D eigenvalue weighted by Gasteiger charge is -2.08. The summed E-state index contributed by atoms with van der Waals surface area (Å²) in [5, 5.41) is 18.1. The van der Waals surface area contributed by atoms with Gasteiger partial charge in [0.05, 0.1) is 5.02 Å². The van der Waals surface area contributed by atoms with E-state index in [1.807, 2.05) is 0 Å². The molecule has 5 heteroatoms. The topological polar surface area (TPSA) is 32.3 Å². The van der Waals surface area contributed by atoms with Crippen LogP contribution in [-0.4, -0.2) is 11.7 Å². The van der Waals surface area contributed by atoms with Gasteiger partial charge in [-0.05, 0) is 47.5 Å². The van der Waals surface area contributed by atoms with Crippen molar-refractivity contribution in [1.29, 1.82) is 0 Å². The third kappa shape index (κ3) is 3.62. The highest BCUT2D eigenvalue weighted by atomic mass is 35.5. The first-order chi connectivity index (χ1) is 8.66. The van der Waals surface area contributed by atoms with Crippen LogP contribution in [-0.2, 0) is 13.0 Å². The molecule has 2 rings (SSSR count). The van der Waals surface area contributed by atoms with Crippen LogP contribution < -0.4 is 5.32 Å². The normalized spacial score (nSPS) is 10.8. The minimum atomic E-state index is 0.101. The summed E-state index contributed by atoms with van der Waals surface area (Å²) >= 11 is 13.4. The smallest absolute Gasteiger partial charge is 0.138 e. The van der Waals surface area contributed by atoms with Crippen LogP contribution in [0.4, 0.5) is 0 Å². The first-order valence-electron chi connectivity index (χ1n) is 5.55. The number of halogens is 2. The predicted molar refractivity (Wildman–Crippen MR) is 77.9 cm³/mol. The Hall–Kier alpha value is -0.740. The molecule has 2 aromatic rings. The van der Waals surface area contributed by atoms with Crippen molar-refractivity contribution in [2.24, 2.45) is 0 Å². The van der Waals surface area contributed by atoms with Gasteiger partial charge in [-0.25, -0.2) is 0 Å². The van der Waals surface area contributed by atoms with Gasteiger partial charge in [-0.15, -0.1) is 0 Å². The van der Waals surface area contributed by atoms with E-state index in [-0.39, 0.29) is 10.8 Å². The summed E-state index contributed by atoms with van der Waals surface area (Å²) < 4.78 is 0. The standard InChI is InChI=1S/C13H13Cl2NOS/c14-11-5-10(13(17)12(15)6-11)7-16-3-1-9-2-4-18-8-9/h2,4-6,8,16-17H,1,3,7H2. The molecule has 0 amide bonds. The third-order valence-corrected chi connectivity index (χ3v) is 3.83. The minimum absolute atomic E-state index is 0.101. The van der Waals surface area contributed by atoms with Gasteiger partial charge in [0.2, 0.25) is 0 Å². The van der Waals surface area contributed by atoms with Crippen molar-refractivity contribution >= 4 is 34.5 Å². The molecule has 2 N–H and O–H groups in total. The Morgan fingerprint density at radius 2 is 2.11 bits per heavy atom. The Morgan fingerprint density at radius 3 is 2.83 bits per heavy atom. The molecule has 0 saturated heterocycles. The maximum absolute atomic E-state index is 9.78. The molecule has 18 heavy (non-hydrogen) atoms. The molecule has 0 bridgehead atoms. The molecule has 0 aliphatic heterocycles. The largest absolute Gasteiger partial charge is 0.506 e. The lowest BCUT2D eigenvalue weighted by Crippen LogP contribution is -2.16. The lowest BCUT2D eigenvalue weighted by molar-refractivity contribution is 0.465. The molecule has 2 nitrogen and oxygen atoms in total.